The molecule has 0 atom stereocenters. The molecule has 0 aliphatic rings. The zero-order valence-corrected chi connectivity index (χ0v) is 22.9. The predicted octanol–water partition coefficient (Wildman–Crippen LogP) is 8.22. The number of rotatable bonds is 2. The summed E-state index contributed by atoms with van der Waals surface area (Å²) >= 11 is 1.71. The number of hydrogen-bond acceptors (Lipinski definition) is 5. The number of thiophene rings is 1. The molecule has 1 radical (unpaired) electrons. The van der Waals surface area contributed by atoms with Crippen LogP contribution in [0.4, 0.5) is 0 Å². The summed E-state index contributed by atoms with van der Waals surface area (Å²) in [5.74, 6) is 0. The van der Waals surface area contributed by atoms with E-state index in [2.05, 4.69) is 40.1 Å². The molecule has 0 bridgehead atoms. The van der Waals surface area contributed by atoms with Gasteiger partial charge in [0.1, 0.15) is 0 Å². The van der Waals surface area contributed by atoms with Gasteiger partial charge in [-0.2, -0.15) is 0 Å². The molecule has 2 aromatic carbocycles. The molecule has 0 fully saturated rings. The SMILES string of the molecule is [2H]C([2H])([2H])c1ccc2c(n1)oc1c(-c3cc4cc(C)sc4cn3)[c-]ccc12.[Ir].[c-]1ccccc1-c1ccccn1. The summed E-state index contributed by atoms with van der Waals surface area (Å²) in [6.07, 6.45) is 3.65. The quantitative estimate of drug-likeness (QED) is 0.173. The third-order valence-electron chi connectivity index (χ3n) is 5.73. The minimum Gasteiger partial charge on any atom is -0.486 e. The van der Waals surface area contributed by atoms with Gasteiger partial charge in [-0.15, -0.1) is 65.4 Å². The van der Waals surface area contributed by atoms with Crippen LogP contribution in [-0.4, -0.2) is 15.0 Å². The van der Waals surface area contributed by atoms with Crippen molar-refractivity contribution in [2.24, 2.45) is 0 Å². The Morgan fingerprint density at radius 3 is 2.62 bits per heavy atom. The van der Waals surface area contributed by atoms with Crippen molar-refractivity contribution in [2.45, 2.75) is 13.8 Å². The van der Waals surface area contributed by atoms with Gasteiger partial charge in [0, 0.05) is 52.6 Å². The van der Waals surface area contributed by atoms with Crippen LogP contribution in [0.3, 0.4) is 0 Å². The number of pyridine rings is 3. The first-order valence-electron chi connectivity index (χ1n) is 12.9. The van der Waals surface area contributed by atoms with Crippen molar-refractivity contribution < 1.29 is 28.6 Å². The van der Waals surface area contributed by atoms with E-state index in [9.17, 15) is 0 Å². The Balaban J connectivity index is 0.000000209. The van der Waals surface area contributed by atoms with Crippen LogP contribution in [-0.2, 0) is 20.1 Å². The number of hydrogen-bond donors (Lipinski definition) is 0. The smallest absolute Gasteiger partial charge is 0.216 e. The minimum atomic E-state index is -2.27. The monoisotopic (exact) mass is 679 g/mol. The summed E-state index contributed by atoms with van der Waals surface area (Å²) in [6.45, 7) is -0.198. The number of benzene rings is 2. The molecule has 37 heavy (non-hydrogen) atoms. The number of aromatic nitrogens is 3. The van der Waals surface area contributed by atoms with Crippen LogP contribution in [0, 0.1) is 25.9 Å². The third kappa shape index (κ3) is 5.09. The van der Waals surface area contributed by atoms with Crippen LogP contribution in [0.1, 0.15) is 14.7 Å². The molecule has 5 heterocycles. The molecule has 0 saturated heterocycles. The van der Waals surface area contributed by atoms with Gasteiger partial charge in [-0.3, -0.25) is 0 Å². The van der Waals surface area contributed by atoms with Gasteiger partial charge in [0.2, 0.25) is 5.71 Å². The van der Waals surface area contributed by atoms with E-state index in [4.69, 9.17) is 8.53 Å². The van der Waals surface area contributed by atoms with Crippen LogP contribution in [0.5, 0.6) is 0 Å². The molecule has 0 amide bonds. The Labute approximate surface area is 236 Å². The van der Waals surface area contributed by atoms with Crippen LogP contribution in [0.25, 0.3) is 54.7 Å². The fourth-order valence-corrected chi connectivity index (χ4v) is 4.98. The van der Waals surface area contributed by atoms with Crippen LogP contribution in [0.15, 0.2) is 95.7 Å². The number of furan rings is 1. The van der Waals surface area contributed by atoms with Crippen molar-refractivity contribution >= 4 is 43.5 Å². The Kier molecular flexibility index (Phi) is 6.20. The fraction of sp³-hybridized carbons (Fsp3) is 0.0645. The summed E-state index contributed by atoms with van der Waals surface area (Å²) in [7, 11) is 0. The van der Waals surface area contributed by atoms with Crippen molar-refractivity contribution in [3.63, 3.8) is 0 Å². The molecule has 7 aromatic rings. The maximum absolute atomic E-state index is 7.55. The first-order valence-corrected chi connectivity index (χ1v) is 12.2. The fourth-order valence-electron chi connectivity index (χ4n) is 4.10. The Hall–Kier alpha value is -3.70. The van der Waals surface area contributed by atoms with Gasteiger partial charge in [0.05, 0.1) is 10.3 Å². The number of nitrogens with zero attached hydrogens (tertiary/aromatic N) is 3. The number of aryl methyl sites for hydroxylation is 2. The average Bonchev–Trinajstić information content (AvgIpc) is 3.52. The second kappa shape index (κ2) is 10.7. The van der Waals surface area contributed by atoms with Crippen molar-refractivity contribution in [3.05, 3.63) is 114 Å². The summed E-state index contributed by atoms with van der Waals surface area (Å²) < 4.78 is 29.8. The first-order chi connectivity index (χ1) is 18.9. The van der Waals surface area contributed by atoms with Crippen LogP contribution >= 0.6 is 11.3 Å². The van der Waals surface area contributed by atoms with Gasteiger partial charge >= 0.3 is 0 Å². The Morgan fingerprint density at radius 1 is 0.892 bits per heavy atom. The zero-order chi connectivity index (χ0) is 27.0. The normalized spacial score (nSPS) is 12.3. The molecule has 0 aliphatic heterocycles. The van der Waals surface area contributed by atoms with Crippen molar-refractivity contribution in [1.29, 1.82) is 0 Å². The summed E-state index contributed by atoms with van der Waals surface area (Å²) in [6, 6.07) is 31.2. The van der Waals surface area contributed by atoms with E-state index in [-0.39, 0.29) is 25.8 Å². The molecule has 183 valence electrons. The molecule has 0 N–H and O–H groups in total. The van der Waals surface area contributed by atoms with Gasteiger partial charge in [0.15, 0.2) is 0 Å². The first kappa shape index (κ1) is 21.4. The molecule has 6 heteroatoms. The average molecular weight is 679 g/mol. The molecule has 0 aliphatic carbocycles. The predicted molar refractivity (Wildman–Crippen MR) is 147 cm³/mol. The minimum absolute atomic E-state index is 0. The maximum Gasteiger partial charge on any atom is 0.216 e. The largest absolute Gasteiger partial charge is 0.486 e. The second-order valence-electron chi connectivity index (χ2n) is 8.20. The summed E-state index contributed by atoms with van der Waals surface area (Å²) in [4.78, 5) is 14.2. The van der Waals surface area contributed by atoms with E-state index in [0.717, 1.165) is 43.4 Å². The van der Waals surface area contributed by atoms with Crippen LogP contribution < -0.4 is 0 Å². The molecule has 0 saturated carbocycles. The summed E-state index contributed by atoms with van der Waals surface area (Å²) in [5, 5.41) is 2.78. The molecular weight excluding hydrogens is 655 g/mol. The maximum atomic E-state index is 7.55. The summed E-state index contributed by atoms with van der Waals surface area (Å²) in [5.41, 5.74) is 4.46. The van der Waals surface area contributed by atoms with Crippen molar-refractivity contribution in [2.75, 3.05) is 0 Å². The Morgan fingerprint density at radius 2 is 1.81 bits per heavy atom. The van der Waals surface area contributed by atoms with E-state index in [1.807, 2.05) is 66.9 Å². The van der Waals surface area contributed by atoms with Gasteiger partial charge in [0.25, 0.3) is 0 Å². The molecule has 5 aromatic heterocycles. The number of fused-ring (bicyclic) bond motifs is 4. The van der Waals surface area contributed by atoms with E-state index in [1.165, 1.54) is 10.9 Å². The van der Waals surface area contributed by atoms with Gasteiger partial charge in [-0.25, -0.2) is 4.98 Å². The molecule has 0 unspecified atom stereocenters. The van der Waals surface area contributed by atoms with E-state index >= 15 is 0 Å². The van der Waals surface area contributed by atoms with E-state index in [1.54, 1.807) is 23.6 Å². The molecular formula is C31H21IrN3OS-2. The topological polar surface area (TPSA) is 51.8 Å². The standard InChI is InChI=1S/C20H13N2OS.C11H8N.Ir/c1-11-6-7-15-14-4-3-5-16(19(14)23-20(15)22-11)17-9-13-8-12(2)24-18(13)10-21-17;1-2-6-10(7-3-1)11-8-4-5-9-12-11;/h3-4,6-10H,1-2H3;1-6,8-9H;/q2*-1;/i1D3;;. The van der Waals surface area contributed by atoms with Crippen LogP contribution in [0.2, 0.25) is 0 Å². The Bertz CT molecular complexity index is 1880. The van der Waals surface area contributed by atoms with Gasteiger partial charge < -0.3 is 14.4 Å². The van der Waals surface area contributed by atoms with Crippen molar-refractivity contribution in [3.8, 4) is 22.5 Å². The van der Waals surface area contributed by atoms with Crippen molar-refractivity contribution in [1.82, 2.24) is 15.0 Å². The molecule has 0 spiro atoms. The zero-order valence-electron chi connectivity index (χ0n) is 22.7. The van der Waals surface area contributed by atoms with E-state index in [0.29, 0.717) is 11.3 Å². The molecule has 7 rings (SSSR count). The van der Waals surface area contributed by atoms with E-state index < -0.39 is 6.85 Å². The molecule has 4 nitrogen and oxygen atoms in total. The second-order valence-corrected chi connectivity index (χ2v) is 9.49. The third-order valence-corrected chi connectivity index (χ3v) is 6.73. The van der Waals surface area contributed by atoms with Gasteiger partial charge in [-0.1, -0.05) is 29.1 Å². The van der Waals surface area contributed by atoms with Gasteiger partial charge in [-0.05, 0) is 54.8 Å².